The quantitative estimate of drug-likeness (QED) is 0.811. The van der Waals surface area contributed by atoms with Crippen LogP contribution in [-0.4, -0.2) is 16.5 Å². The van der Waals surface area contributed by atoms with Crippen LogP contribution in [0.3, 0.4) is 0 Å². The molecule has 0 radical (unpaired) electrons. The lowest BCUT2D eigenvalue weighted by Crippen LogP contribution is -2.12. The highest BCUT2D eigenvalue weighted by Gasteiger charge is 2.11. The van der Waals surface area contributed by atoms with E-state index >= 15 is 0 Å². The van der Waals surface area contributed by atoms with E-state index in [9.17, 15) is 0 Å². The molecule has 1 aliphatic heterocycles. The minimum atomic E-state index is 0.977. The molecule has 0 aromatic carbocycles. The fourth-order valence-electron chi connectivity index (χ4n) is 2.25. The Labute approximate surface area is 101 Å². The maximum Gasteiger partial charge on any atom is 0.0915 e. The Kier molecular flexibility index (Phi) is 2.52. The Morgan fingerprint density at radius 2 is 2.24 bits per heavy atom. The Hall–Kier alpha value is -1.90. The maximum atomic E-state index is 4.50. The molecule has 1 N–H and O–H groups in total. The number of rotatable bonds is 1. The Morgan fingerprint density at radius 1 is 1.29 bits per heavy atom. The third-order valence-corrected chi connectivity index (χ3v) is 3.18. The molecule has 17 heavy (non-hydrogen) atoms. The molecule has 0 unspecified atom stereocenters. The Morgan fingerprint density at radius 3 is 3.12 bits per heavy atom. The van der Waals surface area contributed by atoms with Crippen LogP contribution in [0.1, 0.15) is 17.5 Å². The van der Waals surface area contributed by atoms with Gasteiger partial charge in [-0.1, -0.05) is 6.07 Å². The molecule has 2 aromatic heterocycles. The molecule has 0 spiro atoms. The van der Waals surface area contributed by atoms with E-state index in [2.05, 4.69) is 34.3 Å². The predicted molar refractivity (Wildman–Crippen MR) is 69.0 cm³/mol. The molecule has 3 heteroatoms. The van der Waals surface area contributed by atoms with Crippen LogP contribution < -0.4 is 5.32 Å². The monoisotopic (exact) mass is 225 g/mol. The van der Waals surface area contributed by atoms with Crippen molar-refractivity contribution in [3.8, 4) is 11.4 Å². The number of nitrogens with zero attached hydrogens (tertiary/aromatic N) is 2. The number of nitrogens with one attached hydrogen (secondary N) is 1. The summed E-state index contributed by atoms with van der Waals surface area (Å²) in [6.45, 7) is 3.12. The first-order chi connectivity index (χ1) is 8.34. The highest BCUT2D eigenvalue weighted by atomic mass is 14.9. The summed E-state index contributed by atoms with van der Waals surface area (Å²) < 4.78 is 0. The fourth-order valence-corrected chi connectivity index (χ4v) is 2.25. The zero-order valence-corrected chi connectivity index (χ0v) is 9.90. The van der Waals surface area contributed by atoms with E-state index in [0.29, 0.717) is 0 Å². The summed E-state index contributed by atoms with van der Waals surface area (Å²) in [7, 11) is 0. The van der Waals surface area contributed by atoms with Crippen molar-refractivity contribution in [1.29, 1.82) is 0 Å². The maximum absolute atomic E-state index is 4.50. The van der Waals surface area contributed by atoms with Gasteiger partial charge in [0.05, 0.1) is 23.3 Å². The summed E-state index contributed by atoms with van der Waals surface area (Å²) in [6, 6.07) is 6.19. The standard InChI is InChI=1S/C14H15N3/c1-10-4-2-7-16-14(10)12-8-11-5-3-6-15-13(11)9-17-12/h2,4,7-9,15H,3,5-6H2,1H3. The largest absolute Gasteiger partial charge is 0.384 e. The fraction of sp³-hybridized carbons (Fsp3) is 0.286. The van der Waals surface area contributed by atoms with Crippen LogP contribution in [0.2, 0.25) is 0 Å². The molecule has 86 valence electrons. The average molecular weight is 225 g/mol. The zero-order chi connectivity index (χ0) is 11.7. The van der Waals surface area contributed by atoms with Crippen molar-refractivity contribution >= 4 is 5.69 Å². The van der Waals surface area contributed by atoms with E-state index in [1.807, 2.05) is 18.5 Å². The Bertz CT molecular complexity index is 549. The van der Waals surface area contributed by atoms with Gasteiger partial charge in [-0.3, -0.25) is 9.97 Å². The molecule has 0 atom stereocenters. The minimum Gasteiger partial charge on any atom is -0.384 e. The number of anilines is 1. The third-order valence-electron chi connectivity index (χ3n) is 3.18. The van der Waals surface area contributed by atoms with Gasteiger partial charge in [-0.05, 0) is 43.0 Å². The topological polar surface area (TPSA) is 37.8 Å². The minimum absolute atomic E-state index is 0.977. The first-order valence-corrected chi connectivity index (χ1v) is 5.99. The Balaban J connectivity index is 2.07. The molecule has 3 nitrogen and oxygen atoms in total. The molecule has 0 saturated carbocycles. The molecule has 3 rings (SSSR count). The molecular formula is C14H15N3. The highest BCUT2D eigenvalue weighted by Crippen LogP contribution is 2.26. The van der Waals surface area contributed by atoms with Crippen LogP contribution in [-0.2, 0) is 6.42 Å². The van der Waals surface area contributed by atoms with E-state index in [0.717, 1.165) is 24.4 Å². The number of hydrogen-bond donors (Lipinski definition) is 1. The van der Waals surface area contributed by atoms with Crippen molar-refractivity contribution in [1.82, 2.24) is 9.97 Å². The second kappa shape index (κ2) is 4.17. The number of fused-ring (bicyclic) bond motifs is 1. The van der Waals surface area contributed by atoms with Gasteiger partial charge in [-0.2, -0.15) is 0 Å². The number of aromatic nitrogens is 2. The molecule has 0 fully saturated rings. The van der Waals surface area contributed by atoms with Crippen LogP contribution in [0.4, 0.5) is 5.69 Å². The van der Waals surface area contributed by atoms with Crippen molar-refractivity contribution in [2.45, 2.75) is 19.8 Å². The first kappa shape index (κ1) is 10.3. The number of pyridine rings is 2. The second-order valence-electron chi connectivity index (χ2n) is 4.43. The summed E-state index contributed by atoms with van der Waals surface area (Å²) in [4.78, 5) is 8.91. The lowest BCUT2D eigenvalue weighted by molar-refractivity contribution is 0.827. The van der Waals surface area contributed by atoms with E-state index in [1.165, 1.54) is 23.2 Å². The van der Waals surface area contributed by atoms with Crippen molar-refractivity contribution in [2.24, 2.45) is 0 Å². The predicted octanol–water partition coefficient (Wildman–Crippen LogP) is 2.81. The SMILES string of the molecule is Cc1cccnc1-c1cc2c(cn1)NCCC2. The lowest BCUT2D eigenvalue weighted by atomic mass is 10.0. The molecule has 1 aliphatic rings. The molecule has 0 aliphatic carbocycles. The summed E-state index contributed by atoms with van der Waals surface area (Å²) in [5.41, 5.74) is 5.66. The van der Waals surface area contributed by atoms with Crippen molar-refractivity contribution in [3.05, 3.63) is 41.7 Å². The van der Waals surface area contributed by atoms with Crippen LogP contribution >= 0.6 is 0 Å². The summed E-state index contributed by atoms with van der Waals surface area (Å²) in [6.07, 6.45) is 6.07. The lowest BCUT2D eigenvalue weighted by Gasteiger charge is -2.18. The average Bonchev–Trinajstić information content (AvgIpc) is 2.39. The van der Waals surface area contributed by atoms with Crippen molar-refractivity contribution < 1.29 is 0 Å². The van der Waals surface area contributed by atoms with Gasteiger partial charge in [-0.15, -0.1) is 0 Å². The van der Waals surface area contributed by atoms with Gasteiger partial charge in [-0.25, -0.2) is 0 Å². The molecule has 3 heterocycles. The van der Waals surface area contributed by atoms with E-state index in [4.69, 9.17) is 0 Å². The van der Waals surface area contributed by atoms with Gasteiger partial charge in [0, 0.05) is 12.7 Å². The van der Waals surface area contributed by atoms with E-state index in [1.54, 1.807) is 0 Å². The summed E-state index contributed by atoms with van der Waals surface area (Å²) in [5, 5.41) is 3.37. The van der Waals surface area contributed by atoms with Gasteiger partial charge in [0.15, 0.2) is 0 Å². The van der Waals surface area contributed by atoms with Gasteiger partial charge in [0.2, 0.25) is 0 Å². The third kappa shape index (κ3) is 1.88. The summed E-state index contributed by atoms with van der Waals surface area (Å²) >= 11 is 0. The summed E-state index contributed by atoms with van der Waals surface area (Å²) in [5.74, 6) is 0. The zero-order valence-electron chi connectivity index (χ0n) is 9.90. The van der Waals surface area contributed by atoms with Crippen LogP contribution in [0, 0.1) is 6.92 Å². The normalized spacial score (nSPS) is 13.9. The van der Waals surface area contributed by atoms with E-state index < -0.39 is 0 Å². The molecular weight excluding hydrogens is 210 g/mol. The van der Waals surface area contributed by atoms with Gasteiger partial charge in [0.1, 0.15) is 0 Å². The van der Waals surface area contributed by atoms with E-state index in [-0.39, 0.29) is 0 Å². The second-order valence-corrected chi connectivity index (χ2v) is 4.43. The molecule has 2 aromatic rings. The van der Waals surface area contributed by atoms with Crippen LogP contribution in [0.15, 0.2) is 30.6 Å². The number of hydrogen-bond acceptors (Lipinski definition) is 3. The van der Waals surface area contributed by atoms with Crippen LogP contribution in [0.5, 0.6) is 0 Å². The molecule has 0 saturated heterocycles. The molecule has 0 bridgehead atoms. The highest BCUT2D eigenvalue weighted by molar-refractivity contribution is 5.64. The van der Waals surface area contributed by atoms with Crippen LogP contribution in [0.25, 0.3) is 11.4 Å². The van der Waals surface area contributed by atoms with Crippen molar-refractivity contribution in [3.63, 3.8) is 0 Å². The molecule has 0 amide bonds. The number of aryl methyl sites for hydroxylation is 2. The first-order valence-electron chi connectivity index (χ1n) is 5.99. The van der Waals surface area contributed by atoms with Gasteiger partial charge >= 0.3 is 0 Å². The van der Waals surface area contributed by atoms with Crippen molar-refractivity contribution in [2.75, 3.05) is 11.9 Å². The van der Waals surface area contributed by atoms with Gasteiger partial charge < -0.3 is 5.32 Å². The smallest absolute Gasteiger partial charge is 0.0915 e. The van der Waals surface area contributed by atoms with Gasteiger partial charge in [0.25, 0.3) is 0 Å².